The Morgan fingerprint density at radius 1 is 1.32 bits per heavy atom. The SMILES string of the molecule is C[C@]12CCC3C(=CCc4cc(OSOO[O-])ccc43)C1CCC2=O.[Na+]. The molecule has 1 aromatic carbocycles. The molecule has 0 spiro atoms. The van der Waals surface area contributed by atoms with E-state index in [1.807, 2.05) is 12.1 Å². The zero-order valence-corrected chi connectivity index (χ0v) is 17.3. The molecule has 0 saturated heterocycles. The quantitative estimate of drug-likeness (QED) is 0.188. The van der Waals surface area contributed by atoms with Gasteiger partial charge in [-0.3, -0.25) is 9.83 Å². The van der Waals surface area contributed by atoms with Crippen LogP contribution >= 0.6 is 12.3 Å². The molecule has 2 saturated carbocycles. The Labute approximate surface area is 173 Å². The molecule has 7 heteroatoms. The summed E-state index contributed by atoms with van der Waals surface area (Å²) in [5.41, 5.74) is 3.90. The van der Waals surface area contributed by atoms with Gasteiger partial charge in [0, 0.05) is 17.8 Å². The number of benzene rings is 1. The predicted molar refractivity (Wildman–Crippen MR) is 86.4 cm³/mol. The summed E-state index contributed by atoms with van der Waals surface area (Å²) in [4.78, 5) is 12.3. The average Bonchev–Trinajstić information content (AvgIpc) is 2.90. The molecule has 3 aliphatic rings. The van der Waals surface area contributed by atoms with Crippen LogP contribution in [-0.2, 0) is 20.6 Å². The van der Waals surface area contributed by atoms with E-state index in [0.29, 0.717) is 35.7 Å². The van der Waals surface area contributed by atoms with Crippen molar-refractivity contribution in [3.8, 4) is 5.75 Å². The molecule has 128 valence electrons. The molecule has 0 N–H and O–H groups in total. The Hall–Kier alpha value is -0.340. The van der Waals surface area contributed by atoms with Gasteiger partial charge in [0.15, 0.2) is 0 Å². The van der Waals surface area contributed by atoms with E-state index in [1.165, 1.54) is 16.7 Å². The van der Waals surface area contributed by atoms with E-state index in [1.54, 1.807) is 0 Å². The molecule has 3 atom stereocenters. The van der Waals surface area contributed by atoms with Crippen LogP contribution in [0.1, 0.15) is 49.7 Å². The van der Waals surface area contributed by atoms with E-state index in [9.17, 15) is 10.1 Å². The number of allylic oxidation sites excluding steroid dienone is 2. The van der Waals surface area contributed by atoms with E-state index >= 15 is 0 Å². The maximum Gasteiger partial charge on any atom is 1.00 e. The molecule has 1 aromatic rings. The fourth-order valence-corrected chi connectivity index (χ4v) is 5.07. The van der Waals surface area contributed by atoms with Crippen molar-refractivity contribution in [3.05, 3.63) is 41.0 Å². The second-order valence-electron chi connectivity index (χ2n) is 7.08. The maximum atomic E-state index is 12.3. The third-order valence-electron chi connectivity index (χ3n) is 6.06. The van der Waals surface area contributed by atoms with Crippen LogP contribution in [0.5, 0.6) is 5.75 Å². The van der Waals surface area contributed by atoms with Crippen molar-refractivity contribution in [2.75, 3.05) is 0 Å². The Bertz CT molecular complexity index is 707. The van der Waals surface area contributed by atoms with Crippen molar-refractivity contribution < 1.29 is 53.2 Å². The molecule has 0 aromatic heterocycles. The Balaban J connectivity index is 0.00000182. The third-order valence-corrected chi connectivity index (χ3v) is 6.43. The number of carbonyl (C=O) groups is 1. The standard InChI is InChI=1S/C18H20O5S.Na/c1-18-9-8-14-13-5-3-12(21-24-23-22-20)10-11(13)2-4-15(14)16(18)6-7-17(18)19;/h3-5,10,14,16,20H,2,6-9H2,1H3;/q;+1/p-1/t14?,16?,18-;/m0./s1. The van der Waals surface area contributed by atoms with Crippen molar-refractivity contribution in [3.63, 3.8) is 0 Å². The van der Waals surface area contributed by atoms with Gasteiger partial charge >= 0.3 is 29.6 Å². The number of carbonyl (C=O) groups excluding carboxylic acids is 1. The van der Waals surface area contributed by atoms with Gasteiger partial charge in [-0.25, -0.2) is 0 Å². The monoisotopic (exact) mass is 370 g/mol. The zero-order chi connectivity index (χ0) is 16.7. The third kappa shape index (κ3) is 3.34. The van der Waals surface area contributed by atoms with Gasteiger partial charge in [-0.05, 0) is 54.9 Å². The van der Waals surface area contributed by atoms with Crippen LogP contribution < -0.4 is 39.0 Å². The minimum Gasteiger partial charge on any atom is -0.691 e. The number of ketones is 1. The van der Waals surface area contributed by atoms with Crippen molar-refractivity contribution in [1.29, 1.82) is 0 Å². The molecule has 0 radical (unpaired) electrons. The summed E-state index contributed by atoms with van der Waals surface area (Å²) in [6.45, 7) is 2.16. The molecular weight excluding hydrogens is 351 g/mol. The van der Waals surface area contributed by atoms with Crippen LogP contribution in [0.3, 0.4) is 0 Å². The van der Waals surface area contributed by atoms with Gasteiger partial charge in [-0.15, -0.1) is 4.33 Å². The predicted octanol–water partition coefficient (Wildman–Crippen LogP) is 0.201. The molecule has 0 bridgehead atoms. The fourth-order valence-electron chi connectivity index (χ4n) is 4.84. The number of fused-ring (bicyclic) bond motifs is 5. The van der Waals surface area contributed by atoms with Crippen molar-refractivity contribution >= 4 is 18.1 Å². The minimum absolute atomic E-state index is 0. The summed E-state index contributed by atoms with van der Waals surface area (Å²) in [5.74, 6) is 1.90. The number of hydrogen-bond acceptors (Lipinski definition) is 6. The van der Waals surface area contributed by atoms with Crippen molar-refractivity contribution in [2.45, 2.75) is 44.9 Å². The van der Waals surface area contributed by atoms with E-state index in [2.05, 4.69) is 28.4 Å². The molecule has 3 aliphatic carbocycles. The van der Waals surface area contributed by atoms with Gasteiger partial charge in [-0.1, -0.05) is 24.6 Å². The van der Waals surface area contributed by atoms with Crippen LogP contribution in [0.25, 0.3) is 0 Å². The molecule has 4 rings (SSSR count). The summed E-state index contributed by atoms with van der Waals surface area (Å²) in [6.07, 6.45) is 6.90. The van der Waals surface area contributed by atoms with Crippen molar-refractivity contribution in [1.82, 2.24) is 0 Å². The summed E-state index contributed by atoms with van der Waals surface area (Å²) in [5, 5.41) is 13.1. The number of Topliss-reactive ketones (excluding diaryl/α,β-unsaturated/α-hetero) is 1. The first kappa shape index (κ1) is 19.4. The van der Waals surface area contributed by atoms with Gasteiger partial charge in [0.25, 0.3) is 12.3 Å². The van der Waals surface area contributed by atoms with Crippen LogP contribution in [0.15, 0.2) is 29.8 Å². The Kier molecular flexibility index (Phi) is 6.00. The van der Waals surface area contributed by atoms with E-state index < -0.39 is 0 Å². The molecule has 2 fully saturated rings. The van der Waals surface area contributed by atoms with E-state index in [-0.39, 0.29) is 35.0 Å². The normalized spacial score (nSPS) is 29.8. The molecule has 0 aliphatic heterocycles. The van der Waals surface area contributed by atoms with Crippen LogP contribution in [-0.4, -0.2) is 5.78 Å². The summed E-state index contributed by atoms with van der Waals surface area (Å²) in [7, 11) is 0. The van der Waals surface area contributed by atoms with E-state index in [4.69, 9.17) is 4.18 Å². The molecule has 0 amide bonds. The van der Waals surface area contributed by atoms with Gasteiger partial charge in [0.2, 0.25) is 0 Å². The van der Waals surface area contributed by atoms with Crippen LogP contribution in [0, 0.1) is 11.3 Å². The molecule has 0 heterocycles. The molecule has 2 unspecified atom stereocenters. The second-order valence-corrected chi connectivity index (χ2v) is 7.52. The first-order valence-corrected chi connectivity index (χ1v) is 8.96. The number of hydrogen-bond donors (Lipinski definition) is 0. The average molecular weight is 370 g/mol. The molecule has 5 nitrogen and oxygen atoms in total. The summed E-state index contributed by atoms with van der Waals surface area (Å²) < 4.78 is 9.38. The number of rotatable bonds is 4. The first-order chi connectivity index (χ1) is 11.6. The first-order valence-electron chi connectivity index (χ1n) is 8.29. The molecule has 25 heavy (non-hydrogen) atoms. The van der Waals surface area contributed by atoms with Crippen molar-refractivity contribution in [2.24, 2.45) is 11.3 Å². The maximum absolute atomic E-state index is 12.3. The zero-order valence-electron chi connectivity index (χ0n) is 14.4. The van der Waals surface area contributed by atoms with Crippen LogP contribution in [0.4, 0.5) is 0 Å². The largest absolute Gasteiger partial charge is 1.00 e. The molecular formula is C18H19NaO5S. The fraction of sp³-hybridized carbons (Fsp3) is 0.500. The van der Waals surface area contributed by atoms with E-state index in [0.717, 1.165) is 32.1 Å². The van der Waals surface area contributed by atoms with Gasteiger partial charge < -0.3 is 9.44 Å². The Morgan fingerprint density at radius 2 is 2.16 bits per heavy atom. The smallest absolute Gasteiger partial charge is 0.691 e. The second kappa shape index (κ2) is 7.72. The Morgan fingerprint density at radius 3 is 2.96 bits per heavy atom. The summed E-state index contributed by atoms with van der Waals surface area (Å²) in [6, 6.07) is 5.97. The van der Waals surface area contributed by atoms with Gasteiger partial charge in [-0.2, -0.15) is 0 Å². The summed E-state index contributed by atoms with van der Waals surface area (Å²) >= 11 is 0.504. The topological polar surface area (TPSA) is 67.8 Å². The van der Waals surface area contributed by atoms with Crippen LogP contribution in [0.2, 0.25) is 0 Å². The van der Waals surface area contributed by atoms with Gasteiger partial charge in [0.1, 0.15) is 11.5 Å². The van der Waals surface area contributed by atoms with Gasteiger partial charge in [0.05, 0.1) is 0 Å². The minimum atomic E-state index is -0.144.